The number of hydrogen-bond acceptors (Lipinski definition) is 6. The molecule has 140 valence electrons. The topological polar surface area (TPSA) is 93.0 Å². The van der Waals surface area contributed by atoms with Crippen LogP contribution in [-0.2, 0) is 11.3 Å². The molecule has 0 aliphatic heterocycles. The first-order chi connectivity index (χ1) is 13.1. The highest BCUT2D eigenvalue weighted by atomic mass is 32.2. The number of H-pyrrole nitrogens is 1. The van der Waals surface area contributed by atoms with Gasteiger partial charge in [0.25, 0.3) is 0 Å². The lowest BCUT2D eigenvalue weighted by atomic mass is 10.2. The monoisotopic (exact) mass is 384 g/mol. The quantitative estimate of drug-likeness (QED) is 0.579. The van der Waals surface area contributed by atoms with Crippen molar-refractivity contribution < 1.29 is 13.9 Å². The normalized spacial score (nSPS) is 11.0. The van der Waals surface area contributed by atoms with E-state index in [9.17, 15) is 4.79 Å². The number of hydrogen-bond donors (Lipinski definition) is 2. The van der Waals surface area contributed by atoms with E-state index in [1.807, 2.05) is 49.4 Å². The number of methoxy groups -OCH3 is 1. The Hall–Kier alpha value is -3.00. The Kier molecular flexibility index (Phi) is 6.32. The molecular weight excluding hydrogens is 364 g/mol. The molecule has 3 rings (SSSR count). The van der Waals surface area contributed by atoms with E-state index in [2.05, 4.69) is 20.5 Å². The number of thioether (sulfide) groups is 1. The van der Waals surface area contributed by atoms with Crippen LogP contribution in [0.2, 0.25) is 0 Å². The molecule has 2 N–H and O–H groups in total. The molecule has 2 heterocycles. The first kappa shape index (κ1) is 18.8. The molecule has 0 atom stereocenters. The highest BCUT2D eigenvalue weighted by Crippen LogP contribution is 2.15. The summed E-state index contributed by atoms with van der Waals surface area (Å²) in [5.41, 5.74) is 0.978. The first-order valence-electron chi connectivity index (χ1n) is 8.32. The SMILES string of the molecule is COc1cccc(CNC(=O)CSc2n[nH]c(/C=C/c3ccc(C)o3)n2)c1. The number of rotatable bonds is 8. The van der Waals surface area contributed by atoms with Crippen LogP contribution in [0, 0.1) is 6.92 Å². The van der Waals surface area contributed by atoms with Crippen LogP contribution in [0.25, 0.3) is 12.2 Å². The Morgan fingerprint density at radius 3 is 3.00 bits per heavy atom. The van der Waals surface area contributed by atoms with Crippen molar-refractivity contribution in [3.05, 3.63) is 59.3 Å². The van der Waals surface area contributed by atoms with E-state index in [4.69, 9.17) is 9.15 Å². The molecular formula is C19H20N4O3S. The van der Waals surface area contributed by atoms with Gasteiger partial charge in [0.1, 0.15) is 23.1 Å². The van der Waals surface area contributed by atoms with Gasteiger partial charge in [0.05, 0.1) is 12.9 Å². The van der Waals surface area contributed by atoms with Crippen molar-refractivity contribution >= 4 is 29.8 Å². The maximum atomic E-state index is 12.0. The number of aryl methyl sites for hydroxylation is 1. The number of aromatic nitrogens is 3. The van der Waals surface area contributed by atoms with Crippen molar-refractivity contribution in [2.75, 3.05) is 12.9 Å². The second kappa shape index (κ2) is 9.09. The fraction of sp³-hybridized carbons (Fsp3) is 0.211. The Balaban J connectivity index is 1.45. The van der Waals surface area contributed by atoms with Crippen molar-refractivity contribution in [2.24, 2.45) is 0 Å². The smallest absolute Gasteiger partial charge is 0.230 e. The molecule has 0 spiro atoms. The summed E-state index contributed by atoms with van der Waals surface area (Å²) < 4.78 is 10.6. The molecule has 8 heteroatoms. The van der Waals surface area contributed by atoms with E-state index < -0.39 is 0 Å². The molecule has 2 aromatic heterocycles. The van der Waals surface area contributed by atoms with Crippen LogP contribution in [-0.4, -0.2) is 34.0 Å². The molecule has 3 aromatic rings. The lowest BCUT2D eigenvalue weighted by Gasteiger charge is -2.06. The number of benzene rings is 1. The van der Waals surface area contributed by atoms with Crippen LogP contribution >= 0.6 is 11.8 Å². The van der Waals surface area contributed by atoms with Crippen LogP contribution in [0.1, 0.15) is 22.9 Å². The van der Waals surface area contributed by atoms with E-state index in [1.54, 1.807) is 13.2 Å². The molecule has 0 unspecified atom stereocenters. The molecule has 1 aromatic carbocycles. The highest BCUT2D eigenvalue weighted by Gasteiger charge is 2.07. The lowest BCUT2D eigenvalue weighted by molar-refractivity contribution is -0.118. The third kappa shape index (κ3) is 5.75. The maximum absolute atomic E-state index is 12.0. The zero-order valence-corrected chi connectivity index (χ0v) is 15.9. The minimum absolute atomic E-state index is 0.0872. The van der Waals surface area contributed by atoms with Gasteiger partial charge in [-0.3, -0.25) is 9.89 Å². The van der Waals surface area contributed by atoms with Crippen molar-refractivity contribution in [3.8, 4) is 5.75 Å². The van der Waals surface area contributed by atoms with Gasteiger partial charge < -0.3 is 14.5 Å². The largest absolute Gasteiger partial charge is 0.497 e. The second-order valence-electron chi connectivity index (χ2n) is 5.70. The predicted molar refractivity (Wildman–Crippen MR) is 104 cm³/mol. The van der Waals surface area contributed by atoms with Crippen LogP contribution < -0.4 is 10.1 Å². The van der Waals surface area contributed by atoms with Gasteiger partial charge >= 0.3 is 0 Å². The summed E-state index contributed by atoms with van der Waals surface area (Å²) in [6.45, 7) is 2.33. The third-order valence-electron chi connectivity index (χ3n) is 3.60. The molecule has 0 aliphatic carbocycles. The number of furan rings is 1. The summed E-state index contributed by atoms with van der Waals surface area (Å²) in [5.74, 6) is 3.11. The molecule has 0 saturated carbocycles. The number of nitrogens with zero attached hydrogens (tertiary/aromatic N) is 2. The van der Waals surface area contributed by atoms with Crippen LogP contribution in [0.15, 0.2) is 46.0 Å². The van der Waals surface area contributed by atoms with Crippen molar-refractivity contribution in [2.45, 2.75) is 18.6 Å². The highest BCUT2D eigenvalue weighted by molar-refractivity contribution is 7.99. The fourth-order valence-corrected chi connectivity index (χ4v) is 2.90. The van der Waals surface area contributed by atoms with Crippen molar-refractivity contribution in [1.29, 1.82) is 0 Å². The number of amides is 1. The Bertz CT molecular complexity index is 932. The van der Waals surface area contributed by atoms with Gasteiger partial charge in [0.15, 0.2) is 0 Å². The van der Waals surface area contributed by atoms with Gasteiger partial charge in [-0.1, -0.05) is 23.9 Å². The van der Waals surface area contributed by atoms with E-state index in [-0.39, 0.29) is 11.7 Å². The Labute approximate surface area is 161 Å². The molecule has 1 amide bonds. The van der Waals surface area contributed by atoms with Gasteiger partial charge in [-0.15, -0.1) is 5.10 Å². The average molecular weight is 384 g/mol. The fourth-order valence-electron chi connectivity index (χ4n) is 2.27. The summed E-state index contributed by atoms with van der Waals surface area (Å²) >= 11 is 1.27. The zero-order valence-electron chi connectivity index (χ0n) is 15.1. The van der Waals surface area contributed by atoms with Gasteiger partial charge in [0.2, 0.25) is 11.1 Å². The Morgan fingerprint density at radius 2 is 2.22 bits per heavy atom. The number of aromatic amines is 1. The number of nitrogens with one attached hydrogen (secondary N) is 2. The summed E-state index contributed by atoms with van der Waals surface area (Å²) in [5, 5.41) is 10.3. The number of carbonyl (C=O) groups is 1. The van der Waals surface area contributed by atoms with Crippen molar-refractivity contribution in [1.82, 2.24) is 20.5 Å². The van der Waals surface area contributed by atoms with Crippen LogP contribution in [0.3, 0.4) is 0 Å². The van der Waals surface area contributed by atoms with Crippen LogP contribution in [0.4, 0.5) is 0 Å². The molecule has 0 fully saturated rings. The van der Waals surface area contributed by atoms with Gasteiger partial charge in [-0.05, 0) is 48.9 Å². The first-order valence-corrected chi connectivity index (χ1v) is 9.30. The van der Waals surface area contributed by atoms with E-state index in [1.165, 1.54) is 11.8 Å². The Morgan fingerprint density at radius 1 is 1.33 bits per heavy atom. The molecule has 0 bridgehead atoms. The zero-order chi connectivity index (χ0) is 19.1. The number of ether oxygens (including phenoxy) is 1. The molecule has 0 saturated heterocycles. The minimum Gasteiger partial charge on any atom is -0.497 e. The predicted octanol–water partition coefficient (Wildman–Crippen LogP) is 3.29. The van der Waals surface area contributed by atoms with Gasteiger partial charge in [-0.25, -0.2) is 4.98 Å². The van der Waals surface area contributed by atoms with Gasteiger partial charge in [-0.2, -0.15) is 0 Å². The van der Waals surface area contributed by atoms with E-state index >= 15 is 0 Å². The molecule has 7 nitrogen and oxygen atoms in total. The van der Waals surface area contributed by atoms with E-state index in [0.717, 1.165) is 22.8 Å². The average Bonchev–Trinajstić information content (AvgIpc) is 3.31. The summed E-state index contributed by atoms with van der Waals surface area (Å²) in [7, 11) is 1.62. The van der Waals surface area contributed by atoms with Crippen LogP contribution in [0.5, 0.6) is 5.75 Å². The van der Waals surface area contributed by atoms with Crippen molar-refractivity contribution in [3.63, 3.8) is 0 Å². The molecule has 27 heavy (non-hydrogen) atoms. The summed E-state index contributed by atoms with van der Waals surface area (Å²) in [6, 6.07) is 11.4. The third-order valence-corrected chi connectivity index (χ3v) is 4.45. The maximum Gasteiger partial charge on any atom is 0.230 e. The minimum atomic E-state index is -0.0872. The van der Waals surface area contributed by atoms with Gasteiger partial charge in [0, 0.05) is 6.54 Å². The molecule has 0 aliphatic rings. The lowest BCUT2D eigenvalue weighted by Crippen LogP contribution is -2.24. The second-order valence-corrected chi connectivity index (χ2v) is 6.64. The number of carbonyl (C=O) groups excluding carboxylic acids is 1. The summed E-state index contributed by atoms with van der Waals surface area (Å²) in [4.78, 5) is 16.3. The molecule has 0 radical (unpaired) electrons. The summed E-state index contributed by atoms with van der Waals surface area (Å²) in [6.07, 6.45) is 3.58. The van der Waals surface area contributed by atoms with E-state index in [0.29, 0.717) is 17.5 Å². The standard InChI is InChI=1S/C19H20N4O3S/c1-13-6-7-15(26-13)8-9-17-21-19(23-22-17)27-12-18(24)20-11-14-4-3-5-16(10-14)25-2/h3-10H,11-12H2,1-2H3,(H,20,24)(H,21,22,23)/b9-8+.